The van der Waals surface area contributed by atoms with Gasteiger partial charge in [0.15, 0.2) is 0 Å². The molecular weight excluding hydrogens is 263 g/mol. The second-order valence-corrected chi connectivity index (χ2v) is 11.2. The second kappa shape index (κ2) is 6.52. The van der Waals surface area contributed by atoms with Crippen LogP contribution in [0.4, 0.5) is 0 Å². The van der Waals surface area contributed by atoms with Crippen molar-refractivity contribution in [3.05, 3.63) is 0 Å². The van der Waals surface area contributed by atoms with Crippen LogP contribution in [0.3, 0.4) is 0 Å². The highest BCUT2D eigenvalue weighted by Crippen LogP contribution is 2.56. The summed E-state index contributed by atoms with van der Waals surface area (Å²) in [4.78, 5) is 0. The number of hydrogen-bond acceptors (Lipinski definition) is 0. The Morgan fingerprint density at radius 2 is 1.09 bits per heavy atom. The van der Waals surface area contributed by atoms with Gasteiger partial charge in [-0.15, -0.1) is 0 Å². The van der Waals surface area contributed by atoms with Gasteiger partial charge in [-0.05, 0) is 48.3 Å². The van der Waals surface area contributed by atoms with Gasteiger partial charge >= 0.3 is 0 Å². The van der Waals surface area contributed by atoms with Gasteiger partial charge in [0, 0.05) is 0 Å². The van der Waals surface area contributed by atoms with Crippen LogP contribution in [-0.2, 0) is 0 Å². The molecule has 22 heavy (non-hydrogen) atoms. The fourth-order valence-corrected chi connectivity index (χ4v) is 4.68. The molecule has 0 aromatic carbocycles. The summed E-state index contributed by atoms with van der Waals surface area (Å²) in [5, 5.41) is 0.566. The molecule has 1 rings (SSSR count). The second-order valence-electron chi connectivity index (χ2n) is 11.2. The third-order valence-corrected chi connectivity index (χ3v) is 6.67. The van der Waals surface area contributed by atoms with Crippen molar-refractivity contribution < 1.29 is 0 Å². The normalized spacial score (nSPS) is 25.7. The molecule has 1 aliphatic carbocycles. The van der Waals surface area contributed by atoms with Crippen molar-refractivity contribution in [1.82, 2.24) is 0 Å². The van der Waals surface area contributed by atoms with Crippen molar-refractivity contribution in [2.24, 2.45) is 22.7 Å². The van der Waals surface area contributed by atoms with Crippen LogP contribution >= 0.6 is 0 Å². The molecule has 0 N–H and O–H groups in total. The fourth-order valence-electron chi connectivity index (χ4n) is 4.68. The maximum absolute atomic E-state index is 2.60. The van der Waals surface area contributed by atoms with Crippen molar-refractivity contribution in [1.29, 1.82) is 0 Å². The van der Waals surface area contributed by atoms with E-state index in [0.717, 1.165) is 11.8 Å². The molecule has 0 heterocycles. The van der Waals surface area contributed by atoms with E-state index in [-0.39, 0.29) is 5.31 Å². The van der Waals surface area contributed by atoms with Crippen LogP contribution in [0.5, 0.6) is 0 Å². The van der Waals surface area contributed by atoms with E-state index in [1.807, 2.05) is 0 Å². The van der Waals surface area contributed by atoms with Crippen LogP contribution in [0.2, 0.25) is 10.6 Å². The fraction of sp³-hybridized carbons (Fsp3) is 1.00. The first-order valence-electron chi connectivity index (χ1n) is 9.54. The Balaban J connectivity index is 2.85. The summed E-state index contributed by atoms with van der Waals surface area (Å²) in [6, 6.07) is 0. The minimum absolute atomic E-state index is 0.275. The lowest BCUT2D eigenvalue weighted by Crippen LogP contribution is -2.40. The van der Waals surface area contributed by atoms with E-state index in [2.05, 4.69) is 76.5 Å². The van der Waals surface area contributed by atoms with Crippen molar-refractivity contribution in [3.63, 3.8) is 0 Å². The minimum Gasteiger partial charge on any atom is -0.0674 e. The molecule has 0 saturated heterocycles. The Bertz CT molecular complexity index is 351. The summed E-state index contributed by atoms with van der Waals surface area (Å²) in [5.41, 5.74) is 0.846. The first-order valence-corrected chi connectivity index (χ1v) is 9.54. The van der Waals surface area contributed by atoms with E-state index in [1.165, 1.54) is 32.1 Å². The summed E-state index contributed by atoms with van der Waals surface area (Å²) in [7, 11) is 2.60. The molecule has 2 atom stereocenters. The van der Waals surface area contributed by atoms with Crippen LogP contribution in [0.1, 0.15) is 101 Å². The molecule has 0 aromatic rings. The maximum Gasteiger partial charge on any atom is 0.125 e. The van der Waals surface area contributed by atoms with Crippen LogP contribution in [0.15, 0.2) is 0 Å². The number of hydrogen-bond donors (Lipinski definition) is 0. The molecule has 1 radical (unpaired) electrons. The Kier molecular flexibility index (Phi) is 5.96. The highest BCUT2D eigenvalue weighted by molar-refractivity contribution is 6.43. The molecule has 0 aromatic heterocycles. The molecule has 129 valence electrons. The van der Waals surface area contributed by atoms with Crippen molar-refractivity contribution >= 4 is 7.28 Å². The highest BCUT2D eigenvalue weighted by Gasteiger charge is 2.45. The zero-order valence-electron chi connectivity index (χ0n) is 17.3. The lowest BCUT2D eigenvalue weighted by Gasteiger charge is -2.49. The summed E-state index contributed by atoms with van der Waals surface area (Å²) in [6.45, 7) is 24.3. The van der Waals surface area contributed by atoms with E-state index in [0.29, 0.717) is 16.1 Å². The summed E-state index contributed by atoms with van der Waals surface area (Å²) < 4.78 is 0. The van der Waals surface area contributed by atoms with Gasteiger partial charge in [-0.25, -0.2) is 0 Å². The van der Waals surface area contributed by atoms with Gasteiger partial charge in [-0.1, -0.05) is 86.3 Å². The minimum atomic E-state index is 0.275. The molecule has 0 amide bonds. The van der Waals surface area contributed by atoms with Crippen LogP contribution in [-0.4, -0.2) is 7.28 Å². The molecule has 0 aliphatic heterocycles. The zero-order valence-corrected chi connectivity index (χ0v) is 17.3. The lowest BCUT2D eigenvalue weighted by atomic mass is 9.34. The van der Waals surface area contributed by atoms with Crippen molar-refractivity contribution in [2.45, 2.75) is 112 Å². The smallest absolute Gasteiger partial charge is 0.0674 e. The molecule has 1 fully saturated rings. The summed E-state index contributed by atoms with van der Waals surface area (Å²) in [5.74, 6) is 1.76. The van der Waals surface area contributed by atoms with Crippen molar-refractivity contribution in [3.8, 4) is 0 Å². The standard InChI is InChI=1S/C21H42B/c1-18(2,3)16-12-11-13-17(15-14-16)20(7,8)21(9,10)22-19(4,5)6/h16-17H,11-15H2,1-10H3. The van der Waals surface area contributed by atoms with Crippen molar-refractivity contribution in [2.75, 3.05) is 0 Å². The molecular formula is C21H42B. The largest absolute Gasteiger partial charge is 0.125 e. The Morgan fingerprint density at radius 3 is 1.55 bits per heavy atom. The lowest BCUT2D eigenvalue weighted by molar-refractivity contribution is 0.125. The Morgan fingerprint density at radius 1 is 0.636 bits per heavy atom. The Labute approximate surface area is 142 Å². The van der Waals surface area contributed by atoms with Gasteiger partial charge in [0.2, 0.25) is 0 Å². The van der Waals surface area contributed by atoms with E-state index in [1.54, 1.807) is 0 Å². The van der Waals surface area contributed by atoms with Gasteiger partial charge in [-0.3, -0.25) is 0 Å². The van der Waals surface area contributed by atoms with E-state index >= 15 is 0 Å². The average Bonchev–Trinajstić information content (AvgIpc) is 2.49. The van der Waals surface area contributed by atoms with Gasteiger partial charge in [-0.2, -0.15) is 0 Å². The SMILES string of the molecule is CC(C)(C)[B]C(C)(C)C(C)(C)C1CCCC(C(C)(C)C)CC1. The monoisotopic (exact) mass is 305 g/mol. The van der Waals surface area contributed by atoms with E-state index in [9.17, 15) is 0 Å². The van der Waals surface area contributed by atoms with Crippen LogP contribution in [0, 0.1) is 22.7 Å². The van der Waals surface area contributed by atoms with Gasteiger partial charge in [0.25, 0.3) is 0 Å². The predicted molar refractivity (Wildman–Crippen MR) is 103 cm³/mol. The zero-order chi connectivity index (χ0) is 17.4. The molecule has 0 nitrogen and oxygen atoms in total. The van der Waals surface area contributed by atoms with Gasteiger partial charge in [0.05, 0.1) is 0 Å². The molecule has 0 bridgehead atoms. The first kappa shape index (κ1) is 20.1. The third-order valence-electron chi connectivity index (χ3n) is 6.67. The van der Waals surface area contributed by atoms with Gasteiger partial charge in [0.1, 0.15) is 7.28 Å². The molecule has 1 heteroatoms. The molecule has 1 aliphatic rings. The third kappa shape index (κ3) is 5.03. The summed E-state index contributed by atoms with van der Waals surface area (Å²) >= 11 is 0. The van der Waals surface area contributed by atoms with Crippen LogP contribution in [0.25, 0.3) is 0 Å². The van der Waals surface area contributed by atoms with E-state index < -0.39 is 0 Å². The molecule has 2 unspecified atom stereocenters. The molecule has 0 spiro atoms. The highest BCUT2D eigenvalue weighted by atomic mass is 14.5. The predicted octanol–water partition coefficient (Wildman–Crippen LogP) is 7.38. The van der Waals surface area contributed by atoms with Crippen LogP contribution < -0.4 is 0 Å². The number of rotatable bonds is 3. The Hall–Kier alpha value is 0.0649. The average molecular weight is 305 g/mol. The first-order chi connectivity index (χ1) is 9.67. The maximum atomic E-state index is 2.60. The summed E-state index contributed by atoms with van der Waals surface area (Å²) in [6.07, 6.45) is 7.10. The van der Waals surface area contributed by atoms with E-state index in [4.69, 9.17) is 0 Å². The molecule has 1 saturated carbocycles. The van der Waals surface area contributed by atoms with Gasteiger partial charge < -0.3 is 0 Å². The topological polar surface area (TPSA) is 0 Å². The quantitative estimate of drug-likeness (QED) is 0.377.